The molecule has 0 spiro atoms. The Morgan fingerprint density at radius 2 is 2.21 bits per heavy atom. The van der Waals surface area contributed by atoms with Crippen molar-refractivity contribution < 1.29 is 4.42 Å². The summed E-state index contributed by atoms with van der Waals surface area (Å²) in [5.41, 5.74) is 1.70. The van der Waals surface area contributed by atoms with E-state index in [0.29, 0.717) is 27.6 Å². The highest BCUT2D eigenvalue weighted by Gasteiger charge is 2.13. The predicted octanol–water partition coefficient (Wildman–Crippen LogP) is 2.99. The topological polar surface area (TPSA) is 46.0 Å². The molecule has 1 N–H and O–H groups in total. The van der Waals surface area contributed by atoms with Gasteiger partial charge in [-0.1, -0.05) is 30.1 Å². The minimum Gasteiger partial charge on any atom is -0.406 e. The lowest BCUT2D eigenvalue weighted by Gasteiger charge is -2.03. The van der Waals surface area contributed by atoms with E-state index < -0.39 is 5.76 Å². The van der Waals surface area contributed by atoms with E-state index in [1.165, 1.54) is 0 Å². The monoisotopic (exact) mass is 231 g/mol. The largest absolute Gasteiger partial charge is 0.417 e. The Bertz CT molecular complexity index is 541. The number of oxazole rings is 1. The lowest BCUT2D eigenvalue weighted by atomic mass is 10.1. The molecule has 0 aliphatic carbocycles. The van der Waals surface area contributed by atoms with Gasteiger partial charge in [-0.2, -0.15) is 0 Å². The van der Waals surface area contributed by atoms with Crippen LogP contribution >= 0.6 is 23.2 Å². The van der Waals surface area contributed by atoms with Crippen molar-refractivity contribution >= 4 is 34.3 Å². The van der Waals surface area contributed by atoms with Crippen LogP contribution in [0, 0.1) is 0 Å². The maximum absolute atomic E-state index is 10.9. The zero-order valence-corrected chi connectivity index (χ0v) is 8.87. The number of benzene rings is 1. The second-order valence-corrected chi connectivity index (χ2v) is 3.68. The number of nitrogens with one attached hydrogen (secondary N) is 1. The molecule has 0 fully saturated rings. The van der Waals surface area contributed by atoms with Gasteiger partial charge in [0.2, 0.25) is 0 Å². The smallest absolute Gasteiger partial charge is 0.406 e. The molecule has 1 aromatic heterocycles. The molecule has 1 heterocycles. The molecule has 3 nitrogen and oxygen atoms in total. The quantitative estimate of drug-likeness (QED) is 0.821. The number of rotatable bonds is 1. The van der Waals surface area contributed by atoms with Crippen molar-refractivity contribution in [3.8, 4) is 0 Å². The van der Waals surface area contributed by atoms with Crippen molar-refractivity contribution in [3.05, 3.63) is 32.2 Å². The molecule has 0 radical (unpaired) electrons. The van der Waals surface area contributed by atoms with Crippen molar-refractivity contribution in [1.82, 2.24) is 4.98 Å². The maximum Gasteiger partial charge on any atom is 0.417 e. The van der Waals surface area contributed by atoms with Gasteiger partial charge in [-0.05, 0) is 18.1 Å². The lowest BCUT2D eigenvalue weighted by Crippen LogP contribution is -1.92. The minimum absolute atomic E-state index is 0.373. The van der Waals surface area contributed by atoms with Crippen LogP contribution in [0.15, 0.2) is 15.3 Å². The summed E-state index contributed by atoms with van der Waals surface area (Å²) < 4.78 is 4.89. The molecule has 1 aromatic carbocycles. The van der Waals surface area contributed by atoms with Gasteiger partial charge in [0.1, 0.15) is 0 Å². The third kappa shape index (κ3) is 1.33. The van der Waals surface area contributed by atoms with Crippen LogP contribution in [-0.4, -0.2) is 4.98 Å². The first kappa shape index (κ1) is 9.62. The second kappa shape index (κ2) is 3.33. The summed E-state index contributed by atoms with van der Waals surface area (Å²) in [4.78, 5) is 13.4. The number of aromatic amines is 1. The first-order chi connectivity index (χ1) is 6.63. The van der Waals surface area contributed by atoms with Gasteiger partial charge in [0.05, 0.1) is 10.5 Å². The SMILES string of the molecule is CCc1c(Cl)cc2[nH]c(=O)oc2c1Cl. The summed E-state index contributed by atoms with van der Waals surface area (Å²) in [6.45, 7) is 1.93. The van der Waals surface area contributed by atoms with Gasteiger partial charge in [-0.25, -0.2) is 4.79 Å². The van der Waals surface area contributed by atoms with Crippen LogP contribution in [-0.2, 0) is 6.42 Å². The maximum atomic E-state index is 10.9. The van der Waals surface area contributed by atoms with Gasteiger partial charge in [0.15, 0.2) is 5.58 Å². The zero-order valence-electron chi connectivity index (χ0n) is 7.36. The van der Waals surface area contributed by atoms with Gasteiger partial charge >= 0.3 is 5.76 Å². The zero-order chi connectivity index (χ0) is 10.3. The fourth-order valence-electron chi connectivity index (χ4n) is 1.38. The van der Waals surface area contributed by atoms with E-state index in [-0.39, 0.29) is 0 Å². The molecule has 0 unspecified atom stereocenters. The summed E-state index contributed by atoms with van der Waals surface area (Å²) in [7, 11) is 0. The highest BCUT2D eigenvalue weighted by atomic mass is 35.5. The van der Waals surface area contributed by atoms with E-state index in [9.17, 15) is 4.79 Å². The van der Waals surface area contributed by atoms with Crippen LogP contribution in [0.3, 0.4) is 0 Å². The van der Waals surface area contributed by atoms with E-state index in [1.54, 1.807) is 6.07 Å². The van der Waals surface area contributed by atoms with Gasteiger partial charge in [0.25, 0.3) is 0 Å². The Kier molecular flexibility index (Phi) is 2.29. The summed E-state index contributed by atoms with van der Waals surface area (Å²) >= 11 is 12.0. The number of fused-ring (bicyclic) bond motifs is 1. The summed E-state index contributed by atoms with van der Waals surface area (Å²) in [6, 6.07) is 1.65. The first-order valence-electron chi connectivity index (χ1n) is 4.13. The number of H-pyrrole nitrogens is 1. The molecular formula is C9H7Cl2NO2. The van der Waals surface area contributed by atoms with E-state index in [0.717, 1.165) is 5.56 Å². The van der Waals surface area contributed by atoms with Crippen LogP contribution < -0.4 is 5.76 Å². The first-order valence-corrected chi connectivity index (χ1v) is 4.88. The Balaban J connectivity index is 2.91. The Labute approximate surface area is 89.6 Å². The van der Waals surface area contributed by atoms with E-state index in [2.05, 4.69) is 4.98 Å². The number of halogens is 2. The van der Waals surface area contributed by atoms with E-state index >= 15 is 0 Å². The highest BCUT2D eigenvalue weighted by molar-refractivity contribution is 6.39. The van der Waals surface area contributed by atoms with Crippen LogP contribution in [0.5, 0.6) is 0 Å². The molecule has 5 heteroatoms. The van der Waals surface area contributed by atoms with Crippen LogP contribution in [0.4, 0.5) is 0 Å². The normalized spacial score (nSPS) is 11.1. The average Bonchev–Trinajstić information content (AvgIpc) is 2.47. The van der Waals surface area contributed by atoms with Crippen LogP contribution in [0.2, 0.25) is 10.0 Å². The molecule has 0 saturated heterocycles. The molecule has 74 valence electrons. The molecule has 0 aliphatic heterocycles. The van der Waals surface area contributed by atoms with Crippen LogP contribution in [0.25, 0.3) is 11.1 Å². The molecule has 0 bridgehead atoms. The Morgan fingerprint density at radius 3 is 2.86 bits per heavy atom. The van der Waals surface area contributed by atoms with E-state index in [4.69, 9.17) is 27.6 Å². The number of aromatic nitrogens is 1. The molecule has 0 amide bonds. The predicted molar refractivity (Wildman–Crippen MR) is 56.2 cm³/mol. The van der Waals surface area contributed by atoms with Crippen molar-refractivity contribution in [2.24, 2.45) is 0 Å². The van der Waals surface area contributed by atoms with Crippen molar-refractivity contribution in [2.45, 2.75) is 13.3 Å². The fourth-order valence-corrected chi connectivity index (χ4v) is 2.15. The van der Waals surface area contributed by atoms with Crippen LogP contribution in [0.1, 0.15) is 12.5 Å². The highest BCUT2D eigenvalue weighted by Crippen LogP contribution is 2.31. The van der Waals surface area contributed by atoms with Gasteiger partial charge in [0, 0.05) is 5.02 Å². The average molecular weight is 232 g/mol. The molecule has 0 saturated carbocycles. The lowest BCUT2D eigenvalue weighted by molar-refractivity contribution is 0.555. The third-order valence-electron chi connectivity index (χ3n) is 2.05. The molecular weight excluding hydrogens is 225 g/mol. The van der Waals surface area contributed by atoms with Gasteiger partial charge in [-0.15, -0.1) is 0 Å². The number of hydrogen-bond donors (Lipinski definition) is 1. The summed E-state index contributed by atoms with van der Waals surface area (Å²) in [5.74, 6) is -0.522. The standard InChI is InChI=1S/C9H7Cl2NO2/c1-2-4-5(10)3-6-8(7(4)11)14-9(13)12-6/h3H,2H2,1H3,(H,12,13). The van der Waals surface area contributed by atoms with Crippen molar-refractivity contribution in [3.63, 3.8) is 0 Å². The fraction of sp³-hybridized carbons (Fsp3) is 0.222. The Morgan fingerprint density at radius 1 is 1.50 bits per heavy atom. The molecule has 0 atom stereocenters. The van der Waals surface area contributed by atoms with Gasteiger partial charge < -0.3 is 4.42 Å². The second-order valence-electron chi connectivity index (χ2n) is 2.90. The third-order valence-corrected chi connectivity index (χ3v) is 2.79. The number of hydrogen-bond acceptors (Lipinski definition) is 2. The molecule has 2 aromatic rings. The van der Waals surface area contributed by atoms with E-state index in [1.807, 2.05) is 6.92 Å². The van der Waals surface area contributed by atoms with Gasteiger partial charge in [-0.3, -0.25) is 4.98 Å². The Hall–Kier alpha value is -0.930. The molecule has 2 rings (SSSR count). The summed E-state index contributed by atoms with van der Waals surface area (Å²) in [5, 5.41) is 0.954. The molecule has 0 aliphatic rings. The minimum atomic E-state index is -0.522. The molecule has 14 heavy (non-hydrogen) atoms. The van der Waals surface area contributed by atoms with Crippen molar-refractivity contribution in [2.75, 3.05) is 0 Å². The summed E-state index contributed by atoms with van der Waals surface area (Å²) in [6.07, 6.45) is 0.697. The van der Waals surface area contributed by atoms with Crippen molar-refractivity contribution in [1.29, 1.82) is 0 Å².